The van der Waals surface area contributed by atoms with Crippen LogP contribution in [-0.2, 0) is 0 Å². The molecule has 2 amide bonds. The third-order valence-corrected chi connectivity index (χ3v) is 2.00. The van der Waals surface area contributed by atoms with Gasteiger partial charge in [0.15, 0.2) is 0 Å². The average molecular weight is 180 g/mol. The molecule has 0 heterocycles. The summed E-state index contributed by atoms with van der Waals surface area (Å²) in [7, 11) is 0. The van der Waals surface area contributed by atoms with Crippen molar-refractivity contribution >= 4 is 6.03 Å². The molecular weight excluding hydrogens is 164 g/mol. The van der Waals surface area contributed by atoms with Crippen molar-refractivity contribution in [2.75, 3.05) is 0 Å². The zero-order valence-electron chi connectivity index (χ0n) is 7.97. The van der Waals surface area contributed by atoms with E-state index in [1.165, 1.54) is 0 Å². The van der Waals surface area contributed by atoms with Gasteiger partial charge in [-0.3, -0.25) is 0 Å². The Morgan fingerprint density at radius 2 is 2.38 bits per heavy atom. The molecule has 1 aliphatic rings. The average Bonchev–Trinajstić information content (AvgIpc) is 2.87. The first-order valence-corrected chi connectivity index (χ1v) is 4.79. The van der Waals surface area contributed by atoms with Crippen molar-refractivity contribution in [1.82, 2.24) is 10.6 Å². The first kappa shape index (κ1) is 9.91. The summed E-state index contributed by atoms with van der Waals surface area (Å²) in [6, 6.07) is 0.141. The van der Waals surface area contributed by atoms with Gasteiger partial charge in [-0.15, -0.1) is 6.42 Å². The summed E-state index contributed by atoms with van der Waals surface area (Å²) in [5, 5.41) is 5.58. The van der Waals surface area contributed by atoms with E-state index in [-0.39, 0.29) is 12.1 Å². The van der Waals surface area contributed by atoms with Crippen molar-refractivity contribution in [1.29, 1.82) is 0 Å². The minimum Gasteiger partial charge on any atom is -0.335 e. The molecule has 3 nitrogen and oxygen atoms in total. The second kappa shape index (κ2) is 4.76. The van der Waals surface area contributed by atoms with E-state index < -0.39 is 0 Å². The van der Waals surface area contributed by atoms with E-state index >= 15 is 0 Å². The Bertz CT molecular complexity index is 215. The number of rotatable bonds is 4. The Hall–Kier alpha value is -1.17. The molecule has 0 aromatic rings. The van der Waals surface area contributed by atoms with Crippen LogP contribution >= 0.6 is 0 Å². The van der Waals surface area contributed by atoms with Crippen molar-refractivity contribution in [3.8, 4) is 12.3 Å². The quantitative estimate of drug-likeness (QED) is 0.628. The second-order valence-corrected chi connectivity index (χ2v) is 3.40. The number of carbonyl (C=O) groups is 1. The lowest BCUT2D eigenvalue weighted by molar-refractivity contribution is 0.238. The summed E-state index contributed by atoms with van der Waals surface area (Å²) >= 11 is 0. The molecule has 1 aliphatic carbocycles. The van der Waals surface area contributed by atoms with Gasteiger partial charge in [0.1, 0.15) is 0 Å². The Kier molecular flexibility index (Phi) is 3.63. The number of hydrogen-bond acceptors (Lipinski definition) is 1. The first-order valence-electron chi connectivity index (χ1n) is 4.79. The predicted octanol–water partition coefficient (Wildman–Crippen LogP) is 1.25. The molecule has 1 unspecified atom stereocenters. The lowest BCUT2D eigenvalue weighted by atomic mass is 10.2. The van der Waals surface area contributed by atoms with Crippen LogP contribution in [0.3, 0.4) is 0 Å². The van der Waals surface area contributed by atoms with Crippen LogP contribution in [0.5, 0.6) is 0 Å². The highest BCUT2D eigenvalue weighted by atomic mass is 16.2. The van der Waals surface area contributed by atoms with Crippen molar-refractivity contribution in [2.45, 2.75) is 44.7 Å². The topological polar surface area (TPSA) is 41.1 Å². The van der Waals surface area contributed by atoms with E-state index in [1.807, 2.05) is 6.92 Å². The zero-order chi connectivity index (χ0) is 9.68. The van der Waals surface area contributed by atoms with E-state index in [9.17, 15) is 4.79 Å². The number of terminal acetylenes is 1. The highest BCUT2D eigenvalue weighted by molar-refractivity contribution is 5.75. The molecule has 2 N–H and O–H groups in total. The zero-order valence-corrected chi connectivity index (χ0v) is 7.97. The van der Waals surface area contributed by atoms with Crippen LogP contribution in [0.15, 0.2) is 0 Å². The first-order chi connectivity index (χ1) is 6.26. The van der Waals surface area contributed by atoms with Crippen LogP contribution in [0.2, 0.25) is 0 Å². The molecule has 1 atom stereocenters. The van der Waals surface area contributed by atoms with Gasteiger partial charge in [0.25, 0.3) is 0 Å². The largest absolute Gasteiger partial charge is 0.335 e. The highest BCUT2D eigenvalue weighted by Gasteiger charge is 2.23. The monoisotopic (exact) mass is 180 g/mol. The van der Waals surface area contributed by atoms with E-state index in [4.69, 9.17) is 6.42 Å². The molecule has 0 aliphatic heterocycles. The molecule has 3 heteroatoms. The van der Waals surface area contributed by atoms with Gasteiger partial charge in [-0.1, -0.05) is 19.3 Å². The van der Waals surface area contributed by atoms with Gasteiger partial charge >= 0.3 is 6.03 Å². The summed E-state index contributed by atoms with van der Waals surface area (Å²) < 4.78 is 0. The Morgan fingerprint density at radius 1 is 1.69 bits per heavy atom. The molecule has 0 spiro atoms. The molecule has 0 bridgehead atoms. The maximum absolute atomic E-state index is 11.2. The summed E-state index contributed by atoms with van der Waals surface area (Å²) in [5.74, 6) is 2.56. The number of carbonyl (C=O) groups excluding carboxylic acids is 1. The van der Waals surface area contributed by atoms with E-state index in [1.54, 1.807) is 0 Å². The minimum atomic E-state index is -0.126. The molecule has 72 valence electrons. The Labute approximate surface area is 79.3 Å². The molecule has 0 radical (unpaired) electrons. The van der Waals surface area contributed by atoms with E-state index in [0.29, 0.717) is 6.04 Å². The van der Waals surface area contributed by atoms with Gasteiger partial charge < -0.3 is 10.6 Å². The fraction of sp³-hybridized carbons (Fsp3) is 0.700. The summed E-state index contributed by atoms with van der Waals surface area (Å²) in [6.45, 7) is 2.05. The standard InChI is InChI=1S/C10H16N2O/c1-3-5-8(4-2)11-10(13)12-9-6-7-9/h2,8-9H,3,5-7H2,1H3,(H2,11,12,13). The third-order valence-electron chi connectivity index (χ3n) is 2.00. The van der Waals surface area contributed by atoms with Crippen LogP contribution in [-0.4, -0.2) is 18.1 Å². The number of nitrogens with one attached hydrogen (secondary N) is 2. The maximum Gasteiger partial charge on any atom is 0.315 e. The van der Waals surface area contributed by atoms with Gasteiger partial charge in [0.2, 0.25) is 0 Å². The van der Waals surface area contributed by atoms with E-state index in [0.717, 1.165) is 25.7 Å². The van der Waals surface area contributed by atoms with Crippen LogP contribution < -0.4 is 10.6 Å². The fourth-order valence-electron chi connectivity index (χ4n) is 1.10. The van der Waals surface area contributed by atoms with Crippen molar-refractivity contribution in [3.05, 3.63) is 0 Å². The van der Waals surface area contributed by atoms with Crippen LogP contribution in [0.1, 0.15) is 32.6 Å². The van der Waals surface area contributed by atoms with Crippen molar-refractivity contribution in [2.24, 2.45) is 0 Å². The number of urea groups is 1. The molecular formula is C10H16N2O. The van der Waals surface area contributed by atoms with Gasteiger partial charge in [-0.05, 0) is 19.3 Å². The van der Waals surface area contributed by atoms with E-state index in [2.05, 4.69) is 16.6 Å². The van der Waals surface area contributed by atoms with Gasteiger partial charge in [-0.25, -0.2) is 4.79 Å². The normalized spacial score (nSPS) is 17.2. The second-order valence-electron chi connectivity index (χ2n) is 3.40. The lowest BCUT2D eigenvalue weighted by Crippen LogP contribution is -2.42. The molecule has 0 aromatic heterocycles. The Morgan fingerprint density at radius 3 is 2.85 bits per heavy atom. The molecule has 0 aromatic carbocycles. The molecule has 0 saturated heterocycles. The third kappa shape index (κ3) is 3.84. The summed E-state index contributed by atoms with van der Waals surface area (Å²) in [5.41, 5.74) is 0. The number of amides is 2. The van der Waals surface area contributed by atoms with Gasteiger partial charge in [0, 0.05) is 6.04 Å². The smallest absolute Gasteiger partial charge is 0.315 e. The Balaban J connectivity index is 2.19. The minimum absolute atomic E-state index is 0.122. The predicted molar refractivity (Wildman–Crippen MR) is 52.2 cm³/mol. The SMILES string of the molecule is C#CC(CCC)NC(=O)NC1CC1. The van der Waals surface area contributed by atoms with Gasteiger partial charge in [0.05, 0.1) is 6.04 Å². The summed E-state index contributed by atoms with van der Waals surface area (Å²) in [6.07, 6.45) is 9.29. The maximum atomic E-state index is 11.2. The fourth-order valence-corrected chi connectivity index (χ4v) is 1.10. The lowest BCUT2D eigenvalue weighted by Gasteiger charge is -2.12. The van der Waals surface area contributed by atoms with Crippen molar-refractivity contribution in [3.63, 3.8) is 0 Å². The molecule has 1 saturated carbocycles. The van der Waals surface area contributed by atoms with Crippen LogP contribution in [0, 0.1) is 12.3 Å². The van der Waals surface area contributed by atoms with Crippen LogP contribution in [0.4, 0.5) is 4.79 Å². The summed E-state index contributed by atoms with van der Waals surface area (Å²) in [4.78, 5) is 11.2. The molecule has 1 rings (SSSR count). The van der Waals surface area contributed by atoms with Crippen LogP contribution in [0.25, 0.3) is 0 Å². The molecule has 1 fully saturated rings. The molecule has 13 heavy (non-hydrogen) atoms. The van der Waals surface area contributed by atoms with Crippen molar-refractivity contribution < 1.29 is 4.79 Å². The highest BCUT2D eigenvalue weighted by Crippen LogP contribution is 2.18. The van der Waals surface area contributed by atoms with Gasteiger partial charge in [-0.2, -0.15) is 0 Å². The number of hydrogen-bond donors (Lipinski definition) is 2.